The van der Waals surface area contributed by atoms with Crippen molar-refractivity contribution in [1.29, 1.82) is 0 Å². The second-order valence-electron chi connectivity index (χ2n) is 3.98. The minimum Gasteiger partial charge on any atom is -0.507 e. The van der Waals surface area contributed by atoms with Gasteiger partial charge in [-0.1, -0.05) is 6.07 Å². The summed E-state index contributed by atoms with van der Waals surface area (Å²) >= 11 is 0. The lowest BCUT2D eigenvalue weighted by atomic mass is 10.0. The molecule has 0 spiro atoms. The summed E-state index contributed by atoms with van der Waals surface area (Å²) in [4.78, 5) is 11.2. The number of hydrogen-bond acceptors (Lipinski definition) is 4. The number of ether oxygens (including phenoxy) is 1. The Hall–Kier alpha value is -2.49. The van der Waals surface area contributed by atoms with E-state index in [1.807, 2.05) is 18.2 Å². The summed E-state index contributed by atoms with van der Waals surface area (Å²) in [5.74, 6) is 0.663. The second kappa shape index (κ2) is 3.77. The Balaban J connectivity index is 2.49. The maximum atomic E-state index is 11.2. The normalized spacial score (nSPS) is 10.9. The van der Waals surface area contributed by atoms with Gasteiger partial charge >= 0.3 is 5.63 Å². The molecule has 0 saturated carbocycles. The van der Waals surface area contributed by atoms with Crippen LogP contribution in [-0.2, 0) is 0 Å². The highest BCUT2D eigenvalue weighted by Crippen LogP contribution is 2.32. The third-order valence-electron chi connectivity index (χ3n) is 2.91. The van der Waals surface area contributed by atoms with Crippen LogP contribution in [-0.4, -0.2) is 12.2 Å². The Bertz CT molecular complexity index is 802. The molecule has 0 saturated heterocycles. The van der Waals surface area contributed by atoms with E-state index in [-0.39, 0.29) is 5.75 Å². The van der Waals surface area contributed by atoms with E-state index in [9.17, 15) is 9.90 Å². The van der Waals surface area contributed by atoms with Crippen LogP contribution in [0.3, 0.4) is 0 Å². The van der Waals surface area contributed by atoms with Crippen LogP contribution < -0.4 is 10.4 Å². The highest BCUT2D eigenvalue weighted by molar-refractivity contribution is 6.08. The third-order valence-corrected chi connectivity index (χ3v) is 2.91. The maximum Gasteiger partial charge on any atom is 0.339 e. The number of benzene rings is 2. The molecule has 1 heterocycles. The molecule has 1 N–H and O–H groups in total. The van der Waals surface area contributed by atoms with Crippen LogP contribution in [0.1, 0.15) is 0 Å². The highest BCUT2D eigenvalue weighted by Gasteiger charge is 2.09. The molecule has 0 aliphatic carbocycles. The van der Waals surface area contributed by atoms with Gasteiger partial charge in [-0.3, -0.25) is 0 Å². The number of hydrogen-bond donors (Lipinski definition) is 1. The zero-order valence-corrected chi connectivity index (χ0v) is 9.64. The van der Waals surface area contributed by atoms with E-state index in [4.69, 9.17) is 9.15 Å². The molecule has 3 aromatic rings. The maximum absolute atomic E-state index is 11.2. The van der Waals surface area contributed by atoms with Gasteiger partial charge < -0.3 is 14.3 Å². The number of aromatic hydroxyl groups is 1. The molecule has 0 radical (unpaired) electrons. The van der Waals surface area contributed by atoms with E-state index in [2.05, 4.69) is 0 Å². The average Bonchev–Trinajstić information content (AvgIpc) is 2.37. The lowest BCUT2D eigenvalue weighted by Crippen LogP contribution is -1.95. The van der Waals surface area contributed by atoms with Gasteiger partial charge in [0, 0.05) is 0 Å². The molecule has 0 aliphatic rings. The standard InChI is InChI=1S/C14H10O4/c1-17-9-3-4-10-8(6-9)2-5-12-14(10)11(15)7-13(16)18-12/h2-7,15H,1H3. The van der Waals surface area contributed by atoms with Crippen LogP contribution in [0.25, 0.3) is 21.7 Å². The molecule has 2 aromatic carbocycles. The van der Waals surface area contributed by atoms with Crippen LogP contribution in [0.5, 0.6) is 11.5 Å². The molecule has 3 rings (SSSR count). The first-order valence-corrected chi connectivity index (χ1v) is 5.42. The zero-order valence-electron chi connectivity index (χ0n) is 9.64. The number of methoxy groups -OCH3 is 1. The summed E-state index contributed by atoms with van der Waals surface area (Å²) in [5, 5.41) is 12.1. The fraction of sp³-hybridized carbons (Fsp3) is 0.0714. The molecule has 4 heteroatoms. The van der Waals surface area contributed by atoms with Crippen molar-refractivity contribution in [2.45, 2.75) is 0 Å². The minimum atomic E-state index is -0.562. The van der Waals surface area contributed by atoms with Crippen molar-refractivity contribution < 1.29 is 14.3 Å². The molecule has 0 aliphatic heterocycles. The topological polar surface area (TPSA) is 59.7 Å². The monoisotopic (exact) mass is 242 g/mol. The van der Waals surface area contributed by atoms with Gasteiger partial charge in [-0.15, -0.1) is 0 Å². The average molecular weight is 242 g/mol. The van der Waals surface area contributed by atoms with Crippen molar-refractivity contribution in [3.05, 3.63) is 46.8 Å². The first-order valence-electron chi connectivity index (χ1n) is 5.42. The molecule has 18 heavy (non-hydrogen) atoms. The third kappa shape index (κ3) is 1.50. The van der Waals surface area contributed by atoms with Crippen LogP contribution in [0.2, 0.25) is 0 Å². The van der Waals surface area contributed by atoms with Gasteiger partial charge in [0.25, 0.3) is 0 Å². The summed E-state index contributed by atoms with van der Waals surface area (Å²) in [5.41, 5.74) is -0.189. The summed E-state index contributed by atoms with van der Waals surface area (Å²) in [6, 6.07) is 10.1. The molecule has 0 amide bonds. The van der Waals surface area contributed by atoms with Gasteiger partial charge in [-0.05, 0) is 35.0 Å². The second-order valence-corrected chi connectivity index (χ2v) is 3.98. The fourth-order valence-electron chi connectivity index (χ4n) is 2.09. The lowest BCUT2D eigenvalue weighted by molar-refractivity contribution is 0.415. The van der Waals surface area contributed by atoms with E-state index in [1.165, 1.54) is 0 Å². The van der Waals surface area contributed by atoms with Gasteiger partial charge in [0.05, 0.1) is 18.6 Å². The first-order chi connectivity index (χ1) is 8.69. The quantitative estimate of drug-likeness (QED) is 0.526. The Morgan fingerprint density at radius 1 is 1.17 bits per heavy atom. The van der Waals surface area contributed by atoms with Crippen LogP contribution in [0.15, 0.2) is 45.6 Å². The lowest BCUT2D eigenvalue weighted by Gasteiger charge is -2.06. The summed E-state index contributed by atoms with van der Waals surface area (Å²) in [6.45, 7) is 0. The molecule has 0 bridgehead atoms. The van der Waals surface area contributed by atoms with E-state index in [0.29, 0.717) is 11.0 Å². The Kier molecular flexibility index (Phi) is 2.23. The van der Waals surface area contributed by atoms with Crippen molar-refractivity contribution in [2.24, 2.45) is 0 Å². The van der Waals surface area contributed by atoms with Crippen molar-refractivity contribution in [3.8, 4) is 11.5 Å². The van der Waals surface area contributed by atoms with Gasteiger partial charge in [-0.25, -0.2) is 4.79 Å². The van der Waals surface area contributed by atoms with Gasteiger partial charge in [0.1, 0.15) is 17.1 Å². The summed E-state index contributed by atoms with van der Waals surface area (Å²) < 4.78 is 10.2. The molecule has 4 nitrogen and oxygen atoms in total. The summed E-state index contributed by atoms with van der Waals surface area (Å²) in [6.07, 6.45) is 0. The van der Waals surface area contributed by atoms with Crippen LogP contribution >= 0.6 is 0 Å². The molecule has 90 valence electrons. The van der Waals surface area contributed by atoms with Crippen LogP contribution in [0.4, 0.5) is 0 Å². The Morgan fingerprint density at radius 2 is 2.00 bits per heavy atom. The van der Waals surface area contributed by atoms with E-state index in [0.717, 1.165) is 22.6 Å². The number of fused-ring (bicyclic) bond motifs is 3. The summed E-state index contributed by atoms with van der Waals surface area (Å²) in [7, 11) is 1.60. The van der Waals surface area contributed by atoms with Gasteiger partial charge in [0.2, 0.25) is 0 Å². The Labute approximate surface area is 102 Å². The van der Waals surface area contributed by atoms with Gasteiger partial charge in [-0.2, -0.15) is 0 Å². The predicted octanol–water partition coefficient (Wildman–Crippen LogP) is 2.66. The Morgan fingerprint density at radius 3 is 2.78 bits per heavy atom. The first kappa shape index (κ1) is 10.7. The molecule has 1 aromatic heterocycles. The largest absolute Gasteiger partial charge is 0.507 e. The van der Waals surface area contributed by atoms with Crippen molar-refractivity contribution in [3.63, 3.8) is 0 Å². The molecular formula is C14H10O4. The SMILES string of the molecule is COc1ccc2c(ccc3oc(=O)cc(O)c32)c1. The highest BCUT2D eigenvalue weighted by atomic mass is 16.5. The van der Waals surface area contributed by atoms with Crippen molar-refractivity contribution >= 4 is 21.7 Å². The molecule has 0 atom stereocenters. The van der Waals surface area contributed by atoms with Crippen LogP contribution in [0, 0.1) is 0 Å². The molecule has 0 fully saturated rings. The zero-order chi connectivity index (χ0) is 12.7. The minimum absolute atomic E-state index is 0.0722. The molecule has 0 unspecified atom stereocenters. The van der Waals surface area contributed by atoms with Crippen molar-refractivity contribution in [1.82, 2.24) is 0 Å². The van der Waals surface area contributed by atoms with Crippen molar-refractivity contribution in [2.75, 3.05) is 7.11 Å². The van der Waals surface area contributed by atoms with E-state index >= 15 is 0 Å². The smallest absolute Gasteiger partial charge is 0.339 e. The van der Waals surface area contributed by atoms with E-state index < -0.39 is 5.63 Å². The number of rotatable bonds is 1. The van der Waals surface area contributed by atoms with Gasteiger partial charge in [0.15, 0.2) is 0 Å². The van der Waals surface area contributed by atoms with E-state index in [1.54, 1.807) is 19.2 Å². The molecular weight excluding hydrogens is 232 g/mol. The predicted molar refractivity (Wildman–Crippen MR) is 68.2 cm³/mol. The fourth-order valence-corrected chi connectivity index (χ4v) is 2.09.